The standard InChI is InChI=1S/C14H19N3O/c15-14(16-6-10-4-2-1-3-5-10)17-7-11-12-8-18-9-13(11)12/h1-5,11-13H,6-9H2,(H3,15,16,17). The second kappa shape index (κ2) is 4.98. The number of hydrogen-bond donors (Lipinski definition) is 2. The van der Waals surface area contributed by atoms with E-state index in [0.29, 0.717) is 12.5 Å². The minimum Gasteiger partial charge on any atom is -0.381 e. The van der Waals surface area contributed by atoms with Gasteiger partial charge in [0.1, 0.15) is 0 Å². The van der Waals surface area contributed by atoms with Crippen molar-refractivity contribution in [2.45, 2.75) is 6.54 Å². The molecule has 96 valence electrons. The van der Waals surface area contributed by atoms with E-state index >= 15 is 0 Å². The van der Waals surface area contributed by atoms with Crippen LogP contribution < -0.4 is 11.1 Å². The zero-order valence-electron chi connectivity index (χ0n) is 10.4. The fourth-order valence-corrected chi connectivity index (χ4v) is 2.70. The van der Waals surface area contributed by atoms with Crippen molar-refractivity contribution in [3.05, 3.63) is 35.9 Å². The predicted molar refractivity (Wildman–Crippen MR) is 71.1 cm³/mol. The normalized spacial score (nSPS) is 30.0. The average Bonchev–Trinajstić information content (AvgIpc) is 2.84. The number of ether oxygens (including phenoxy) is 1. The maximum absolute atomic E-state index is 5.86. The monoisotopic (exact) mass is 245 g/mol. The molecule has 0 amide bonds. The Morgan fingerprint density at radius 2 is 2.00 bits per heavy atom. The SMILES string of the molecule is NC(=NCc1ccccc1)NCC1C2COCC12. The minimum absolute atomic E-state index is 0.546. The molecule has 4 heteroatoms. The lowest BCUT2D eigenvalue weighted by Gasteiger charge is -2.07. The summed E-state index contributed by atoms with van der Waals surface area (Å²) in [5.41, 5.74) is 7.04. The van der Waals surface area contributed by atoms with Gasteiger partial charge in [-0.3, -0.25) is 0 Å². The van der Waals surface area contributed by atoms with Crippen molar-refractivity contribution in [3.63, 3.8) is 0 Å². The molecular weight excluding hydrogens is 226 g/mol. The van der Waals surface area contributed by atoms with Gasteiger partial charge in [-0.05, 0) is 23.3 Å². The summed E-state index contributed by atoms with van der Waals surface area (Å²) < 4.78 is 5.36. The van der Waals surface area contributed by atoms with Crippen LogP contribution in [0, 0.1) is 17.8 Å². The maximum Gasteiger partial charge on any atom is 0.188 e. The van der Waals surface area contributed by atoms with E-state index in [1.54, 1.807) is 0 Å². The first-order valence-electron chi connectivity index (χ1n) is 6.50. The van der Waals surface area contributed by atoms with E-state index in [4.69, 9.17) is 10.5 Å². The van der Waals surface area contributed by atoms with Crippen LogP contribution in [0.3, 0.4) is 0 Å². The Bertz CT molecular complexity index is 422. The molecule has 0 radical (unpaired) electrons. The molecule has 2 fully saturated rings. The van der Waals surface area contributed by atoms with E-state index < -0.39 is 0 Å². The summed E-state index contributed by atoms with van der Waals surface area (Å²) in [5.74, 6) is 2.81. The molecule has 0 aromatic heterocycles. The Morgan fingerprint density at radius 3 is 2.72 bits per heavy atom. The first-order chi connectivity index (χ1) is 8.84. The number of rotatable bonds is 4. The minimum atomic E-state index is 0.546. The van der Waals surface area contributed by atoms with Gasteiger partial charge in [0.05, 0.1) is 19.8 Å². The van der Waals surface area contributed by atoms with E-state index in [0.717, 1.165) is 37.5 Å². The zero-order chi connectivity index (χ0) is 12.4. The van der Waals surface area contributed by atoms with Gasteiger partial charge in [-0.1, -0.05) is 30.3 Å². The van der Waals surface area contributed by atoms with Crippen molar-refractivity contribution in [2.24, 2.45) is 28.5 Å². The van der Waals surface area contributed by atoms with Crippen LogP contribution in [0.5, 0.6) is 0 Å². The molecule has 0 bridgehead atoms. The molecule has 2 atom stereocenters. The third-order valence-electron chi connectivity index (χ3n) is 3.92. The quantitative estimate of drug-likeness (QED) is 0.614. The number of nitrogens with one attached hydrogen (secondary N) is 1. The largest absolute Gasteiger partial charge is 0.381 e. The second-order valence-electron chi connectivity index (χ2n) is 5.10. The van der Waals surface area contributed by atoms with Crippen LogP contribution in [0.2, 0.25) is 0 Å². The third kappa shape index (κ3) is 2.48. The number of fused-ring (bicyclic) bond motifs is 1. The number of benzene rings is 1. The van der Waals surface area contributed by atoms with Crippen LogP contribution in [0.4, 0.5) is 0 Å². The lowest BCUT2D eigenvalue weighted by Crippen LogP contribution is -2.34. The van der Waals surface area contributed by atoms with E-state index in [1.807, 2.05) is 18.2 Å². The fourth-order valence-electron chi connectivity index (χ4n) is 2.70. The second-order valence-corrected chi connectivity index (χ2v) is 5.10. The number of nitrogens with zero attached hydrogens (tertiary/aromatic N) is 1. The molecule has 1 heterocycles. The molecule has 2 aliphatic rings. The zero-order valence-corrected chi connectivity index (χ0v) is 10.4. The van der Waals surface area contributed by atoms with E-state index in [2.05, 4.69) is 22.4 Å². The molecule has 1 aliphatic carbocycles. The maximum atomic E-state index is 5.86. The highest BCUT2D eigenvalue weighted by atomic mass is 16.5. The van der Waals surface area contributed by atoms with Gasteiger partial charge in [-0.15, -0.1) is 0 Å². The summed E-state index contributed by atoms with van der Waals surface area (Å²) in [7, 11) is 0. The molecule has 0 spiro atoms. The summed E-state index contributed by atoms with van der Waals surface area (Å²) in [6.45, 7) is 3.43. The molecule has 1 saturated heterocycles. The predicted octanol–water partition coefficient (Wildman–Crippen LogP) is 0.983. The molecule has 3 rings (SSSR count). The Kier molecular flexibility index (Phi) is 3.19. The van der Waals surface area contributed by atoms with Gasteiger partial charge in [0.15, 0.2) is 5.96 Å². The number of aliphatic imine (C=N–C) groups is 1. The molecule has 2 unspecified atom stereocenters. The van der Waals surface area contributed by atoms with Crippen LogP contribution >= 0.6 is 0 Å². The van der Waals surface area contributed by atoms with Gasteiger partial charge < -0.3 is 15.8 Å². The van der Waals surface area contributed by atoms with Crippen LogP contribution in [0.25, 0.3) is 0 Å². The average molecular weight is 245 g/mol. The van der Waals surface area contributed by atoms with Crippen LogP contribution in [-0.4, -0.2) is 25.7 Å². The Hall–Kier alpha value is -1.55. The van der Waals surface area contributed by atoms with E-state index in [1.165, 1.54) is 5.56 Å². The first kappa shape index (κ1) is 11.5. The highest BCUT2D eigenvalue weighted by Crippen LogP contribution is 2.50. The first-order valence-corrected chi connectivity index (χ1v) is 6.50. The van der Waals surface area contributed by atoms with Gasteiger partial charge >= 0.3 is 0 Å². The van der Waals surface area contributed by atoms with Crippen LogP contribution in [0.1, 0.15) is 5.56 Å². The third-order valence-corrected chi connectivity index (χ3v) is 3.92. The molecule has 18 heavy (non-hydrogen) atoms. The lowest BCUT2D eigenvalue weighted by atomic mass is 10.2. The molecule has 4 nitrogen and oxygen atoms in total. The van der Waals surface area contributed by atoms with Gasteiger partial charge in [-0.2, -0.15) is 0 Å². The smallest absolute Gasteiger partial charge is 0.188 e. The van der Waals surface area contributed by atoms with Gasteiger partial charge in [0.2, 0.25) is 0 Å². The Labute approximate surface area is 107 Å². The summed E-state index contributed by atoms with van der Waals surface area (Å²) in [6.07, 6.45) is 0. The molecule has 3 N–H and O–H groups in total. The summed E-state index contributed by atoms with van der Waals surface area (Å²) in [4.78, 5) is 4.34. The molecule has 1 aromatic rings. The van der Waals surface area contributed by atoms with Crippen molar-refractivity contribution in [1.82, 2.24) is 5.32 Å². The topological polar surface area (TPSA) is 59.6 Å². The highest BCUT2D eigenvalue weighted by Gasteiger charge is 2.53. The van der Waals surface area contributed by atoms with Gasteiger partial charge in [-0.25, -0.2) is 4.99 Å². The number of nitrogens with two attached hydrogens (primary N) is 1. The fraction of sp³-hybridized carbons (Fsp3) is 0.500. The van der Waals surface area contributed by atoms with Gasteiger partial charge in [0, 0.05) is 6.54 Å². The van der Waals surface area contributed by atoms with E-state index in [9.17, 15) is 0 Å². The molecule has 1 saturated carbocycles. The summed E-state index contributed by atoms with van der Waals surface area (Å²) in [5, 5.41) is 3.22. The van der Waals surface area contributed by atoms with Crippen LogP contribution in [-0.2, 0) is 11.3 Å². The van der Waals surface area contributed by atoms with Crippen molar-refractivity contribution < 1.29 is 4.74 Å². The van der Waals surface area contributed by atoms with Crippen molar-refractivity contribution >= 4 is 5.96 Å². The van der Waals surface area contributed by atoms with Crippen molar-refractivity contribution in [3.8, 4) is 0 Å². The number of guanidine groups is 1. The lowest BCUT2D eigenvalue weighted by molar-refractivity contribution is 0.151. The Morgan fingerprint density at radius 1 is 1.28 bits per heavy atom. The van der Waals surface area contributed by atoms with Crippen molar-refractivity contribution in [2.75, 3.05) is 19.8 Å². The Balaban J connectivity index is 1.42. The molecule has 1 aliphatic heterocycles. The molecule has 1 aromatic carbocycles. The van der Waals surface area contributed by atoms with Crippen LogP contribution in [0.15, 0.2) is 35.3 Å². The number of hydrogen-bond acceptors (Lipinski definition) is 2. The summed E-state index contributed by atoms with van der Waals surface area (Å²) >= 11 is 0. The van der Waals surface area contributed by atoms with Gasteiger partial charge in [0.25, 0.3) is 0 Å². The molecular formula is C14H19N3O. The highest BCUT2D eigenvalue weighted by molar-refractivity contribution is 5.77. The van der Waals surface area contributed by atoms with E-state index in [-0.39, 0.29) is 0 Å². The summed E-state index contributed by atoms with van der Waals surface area (Å²) in [6, 6.07) is 10.1. The van der Waals surface area contributed by atoms with Crippen molar-refractivity contribution in [1.29, 1.82) is 0 Å².